The van der Waals surface area contributed by atoms with Gasteiger partial charge in [0.2, 0.25) is 0 Å². The highest BCUT2D eigenvalue weighted by Crippen LogP contribution is 2.35. The van der Waals surface area contributed by atoms with Crippen LogP contribution in [0.3, 0.4) is 0 Å². The van der Waals surface area contributed by atoms with E-state index in [-0.39, 0.29) is 6.54 Å². The lowest BCUT2D eigenvalue weighted by Gasteiger charge is -2.40. The molecule has 0 radical (unpaired) electrons. The van der Waals surface area contributed by atoms with Gasteiger partial charge in [-0.05, 0) is 57.5 Å². The number of hydrogen-bond acceptors (Lipinski definition) is 2. The van der Waals surface area contributed by atoms with Crippen molar-refractivity contribution in [2.45, 2.75) is 51.2 Å². The second kappa shape index (κ2) is 6.65. The van der Waals surface area contributed by atoms with E-state index in [1.165, 1.54) is 6.42 Å². The molecule has 0 aromatic heterocycles. The molecule has 0 bridgehead atoms. The molecule has 4 unspecified atom stereocenters. The lowest BCUT2D eigenvalue weighted by Crippen LogP contribution is -2.48. The first-order valence-electron chi connectivity index (χ1n) is 7.86. The smallest absolute Gasteiger partial charge is 0.317 e. The summed E-state index contributed by atoms with van der Waals surface area (Å²) in [5.41, 5.74) is 0. The number of rotatable bonds is 3. The van der Waals surface area contributed by atoms with Crippen LogP contribution in [0.2, 0.25) is 0 Å². The van der Waals surface area contributed by atoms with Crippen LogP contribution in [0.5, 0.6) is 0 Å². The minimum Gasteiger partial charge on any atom is -0.317 e. The Morgan fingerprint density at radius 3 is 2.60 bits per heavy atom. The predicted octanol–water partition coefficient (Wildman–Crippen LogP) is 3.28. The van der Waals surface area contributed by atoms with Crippen LogP contribution < -0.4 is 5.32 Å². The maximum absolute atomic E-state index is 12.9. The fraction of sp³-hybridized carbons (Fsp3) is 1.00. The average molecular weight is 292 g/mol. The van der Waals surface area contributed by atoms with E-state index in [0.29, 0.717) is 30.7 Å². The van der Waals surface area contributed by atoms with Gasteiger partial charge in [-0.25, -0.2) is 0 Å². The Bertz CT molecular complexity index is 306. The molecule has 118 valence electrons. The molecule has 5 heteroatoms. The molecule has 1 heterocycles. The quantitative estimate of drug-likeness (QED) is 0.859. The highest BCUT2D eigenvalue weighted by molar-refractivity contribution is 4.87. The SMILES string of the molecule is CNC1CCC(C)CC1CN1CCCC(C(F)(F)F)C1. The summed E-state index contributed by atoms with van der Waals surface area (Å²) < 4.78 is 38.6. The lowest BCUT2D eigenvalue weighted by atomic mass is 9.78. The van der Waals surface area contributed by atoms with Crippen LogP contribution in [0.25, 0.3) is 0 Å². The van der Waals surface area contributed by atoms with Gasteiger partial charge in [0.15, 0.2) is 0 Å². The van der Waals surface area contributed by atoms with E-state index >= 15 is 0 Å². The number of halogens is 3. The highest BCUT2D eigenvalue weighted by atomic mass is 19.4. The molecule has 1 N–H and O–H groups in total. The van der Waals surface area contributed by atoms with E-state index in [1.54, 1.807) is 0 Å². The molecule has 0 amide bonds. The lowest BCUT2D eigenvalue weighted by molar-refractivity contribution is -0.187. The summed E-state index contributed by atoms with van der Waals surface area (Å²) in [5.74, 6) is 0.0776. The predicted molar refractivity (Wildman–Crippen MR) is 74.6 cm³/mol. The second-order valence-electron chi connectivity index (χ2n) is 6.71. The number of nitrogens with zero attached hydrogens (tertiary/aromatic N) is 1. The van der Waals surface area contributed by atoms with Crippen molar-refractivity contribution in [3.63, 3.8) is 0 Å². The van der Waals surface area contributed by atoms with Gasteiger partial charge in [-0.1, -0.05) is 6.92 Å². The third-order valence-electron chi connectivity index (χ3n) is 5.08. The van der Waals surface area contributed by atoms with E-state index in [0.717, 1.165) is 25.9 Å². The van der Waals surface area contributed by atoms with Crippen molar-refractivity contribution in [1.29, 1.82) is 0 Å². The molecule has 0 aromatic rings. The van der Waals surface area contributed by atoms with E-state index in [1.807, 2.05) is 7.05 Å². The molecule has 0 spiro atoms. The molecule has 2 aliphatic rings. The van der Waals surface area contributed by atoms with Gasteiger partial charge in [0.25, 0.3) is 0 Å². The molecule has 1 saturated heterocycles. The van der Waals surface area contributed by atoms with Crippen LogP contribution in [0.4, 0.5) is 13.2 Å². The number of piperidine rings is 1. The summed E-state index contributed by atoms with van der Waals surface area (Å²) in [4.78, 5) is 2.05. The topological polar surface area (TPSA) is 15.3 Å². The Kier molecular flexibility index (Phi) is 5.35. The summed E-state index contributed by atoms with van der Waals surface area (Å²) in [6.07, 6.45) is 0.471. The van der Waals surface area contributed by atoms with Gasteiger partial charge >= 0.3 is 6.18 Å². The van der Waals surface area contributed by atoms with Gasteiger partial charge in [-0.3, -0.25) is 0 Å². The first-order chi connectivity index (χ1) is 9.40. The van der Waals surface area contributed by atoms with Crippen LogP contribution in [-0.2, 0) is 0 Å². The molecular weight excluding hydrogens is 265 g/mol. The van der Waals surface area contributed by atoms with Crippen LogP contribution in [-0.4, -0.2) is 43.8 Å². The standard InChI is InChI=1S/C15H27F3N2/c1-11-5-6-14(19-2)12(8-11)9-20-7-3-4-13(10-20)15(16,17)18/h11-14,19H,3-10H2,1-2H3. The Labute approximate surface area is 120 Å². The van der Waals surface area contributed by atoms with E-state index < -0.39 is 12.1 Å². The molecule has 2 nitrogen and oxygen atoms in total. The Morgan fingerprint density at radius 1 is 1.20 bits per heavy atom. The minimum atomic E-state index is -4.03. The summed E-state index contributed by atoms with van der Waals surface area (Å²) in [6.45, 7) is 4.11. The van der Waals surface area contributed by atoms with Crippen molar-refractivity contribution in [3.8, 4) is 0 Å². The zero-order valence-electron chi connectivity index (χ0n) is 12.5. The van der Waals surface area contributed by atoms with Crippen molar-refractivity contribution in [2.75, 3.05) is 26.7 Å². The maximum atomic E-state index is 12.9. The van der Waals surface area contributed by atoms with Gasteiger partial charge in [0.1, 0.15) is 0 Å². The normalized spacial score (nSPS) is 37.0. The second-order valence-corrected chi connectivity index (χ2v) is 6.71. The van der Waals surface area contributed by atoms with E-state index in [4.69, 9.17) is 0 Å². The molecule has 2 fully saturated rings. The molecule has 1 aliphatic heterocycles. The third kappa shape index (κ3) is 4.10. The van der Waals surface area contributed by atoms with Gasteiger partial charge in [0.05, 0.1) is 5.92 Å². The molecule has 1 aliphatic carbocycles. The number of likely N-dealkylation sites (tertiary alicyclic amines) is 1. The largest absolute Gasteiger partial charge is 0.393 e. The fourth-order valence-corrected chi connectivity index (χ4v) is 3.90. The number of hydrogen-bond donors (Lipinski definition) is 1. The Hall–Kier alpha value is -0.290. The van der Waals surface area contributed by atoms with Crippen molar-refractivity contribution in [3.05, 3.63) is 0 Å². The summed E-state index contributed by atoms with van der Waals surface area (Å²) in [6, 6.07) is 0.470. The average Bonchev–Trinajstić information content (AvgIpc) is 2.38. The monoisotopic (exact) mass is 292 g/mol. The molecule has 4 atom stereocenters. The van der Waals surface area contributed by atoms with Crippen molar-refractivity contribution < 1.29 is 13.2 Å². The van der Waals surface area contributed by atoms with Gasteiger partial charge in [-0.2, -0.15) is 13.2 Å². The molecular formula is C15H27F3N2. The van der Waals surface area contributed by atoms with Gasteiger partial charge < -0.3 is 10.2 Å². The van der Waals surface area contributed by atoms with Crippen LogP contribution >= 0.6 is 0 Å². The zero-order chi connectivity index (χ0) is 14.8. The Balaban J connectivity index is 1.91. The number of nitrogens with one attached hydrogen (secondary N) is 1. The van der Waals surface area contributed by atoms with Gasteiger partial charge in [0, 0.05) is 19.1 Å². The van der Waals surface area contributed by atoms with Crippen LogP contribution in [0.15, 0.2) is 0 Å². The molecule has 20 heavy (non-hydrogen) atoms. The fourth-order valence-electron chi connectivity index (χ4n) is 3.90. The Morgan fingerprint density at radius 2 is 1.95 bits per heavy atom. The maximum Gasteiger partial charge on any atom is 0.393 e. The molecule has 1 saturated carbocycles. The van der Waals surface area contributed by atoms with Crippen molar-refractivity contribution in [1.82, 2.24) is 10.2 Å². The van der Waals surface area contributed by atoms with E-state index in [9.17, 15) is 13.2 Å². The van der Waals surface area contributed by atoms with Crippen molar-refractivity contribution in [2.24, 2.45) is 17.8 Å². The zero-order valence-corrected chi connectivity index (χ0v) is 12.5. The third-order valence-corrected chi connectivity index (χ3v) is 5.08. The van der Waals surface area contributed by atoms with Crippen LogP contribution in [0.1, 0.15) is 39.0 Å². The highest BCUT2D eigenvalue weighted by Gasteiger charge is 2.42. The van der Waals surface area contributed by atoms with Crippen molar-refractivity contribution >= 4 is 0 Å². The van der Waals surface area contributed by atoms with Gasteiger partial charge in [-0.15, -0.1) is 0 Å². The first-order valence-corrected chi connectivity index (χ1v) is 7.86. The first kappa shape index (κ1) is 16.1. The minimum absolute atomic E-state index is 0.199. The van der Waals surface area contributed by atoms with Crippen LogP contribution in [0, 0.1) is 17.8 Å². The summed E-state index contributed by atoms with van der Waals surface area (Å²) in [7, 11) is 1.97. The molecule has 2 rings (SSSR count). The summed E-state index contributed by atoms with van der Waals surface area (Å²) >= 11 is 0. The number of alkyl halides is 3. The summed E-state index contributed by atoms with van der Waals surface area (Å²) in [5, 5.41) is 3.36. The molecule has 0 aromatic carbocycles. The van der Waals surface area contributed by atoms with E-state index in [2.05, 4.69) is 17.1 Å².